The van der Waals surface area contributed by atoms with Gasteiger partial charge in [-0.15, -0.1) is 11.8 Å². The highest BCUT2D eigenvalue weighted by Crippen LogP contribution is 2.22. The Morgan fingerprint density at radius 1 is 1.15 bits per heavy atom. The second-order valence-electron chi connectivity index (χ2n) is 5.91. The lowest BCUT2D eigenvalue weighted by Crippen LogP contribution is -2.25. The summed E-state index contributed by atoms with van der Waals surface area (Å²) in [6.45, 7) is 6.17. The van der Waals surface area contributed by atoms with Crippen molar-refractivity contribution in [1.29, 1.82) is 0 Å². The Bertz CT molecular complexity index is 796. The molecule has 0 aliphatic rings. The minimum atomic E-state index is -0.380. The van der Waals surface area contributed by atoms with E-state index in [1.165, 1.54) is 11.8 Å². The van der Waals surface area contributed by atoms with Crippen molar-refractivity contribution in [2.75, 3.05) is 23.0 Å². The predicted octanol–water partition coefficient (Wildman–Crippen LogP) is 4.75. The van der Waals surface area contributed by atoms with Crippen molar-refractivity contribution in [2.24, 2.45) is 0 Å². The van der Waals surface area contributed by atoms with E-state index in [1.54, 1.807) is 43.3 Å². The van der Waals surface area contributed by atoms with Crippen LogP contribution in [0.1, 0.15) is 19.4 Å². The van der Waals surface area contributed by atoms with E-state index in [0.29, 0.717) is 23.0 Å². The molecule has 27 heavy (non-hydrogen) atoms. The highest BCUT2D eigenvalue weighted by molar-refractivity contribution is 8.01. The molecule has 1 unspecified atom stereocenters. The van der Waals surface area contributed by atoms with Crippen molar-refractivity contribution in [3.05, 3.63) is 53.1 Å². The van der Waals surface area contributed by atoms with Gasteiger partial charge in [0, 0.05) is 16.4 Å². The third-order valence-electron chi connectivity index (χ3n) is 3.74. The number of halogens is 1. The fraction of sp³-hybridized carbons (Fsp3) is 0.300. The Labute approximate surface area is 168 Å². The second kappa shape index (κ2) is 10.2. The normalized spacial score (nSPS) is 11.6. The Balaban J connectivity index is 1.81. The summed E-state index contributed by atoms with van der Waals surface area (Å²) in [6, 6.07) is 12.5. The van der Waals surface area contributed by atoms with E-state index < -0.39 is 0 Å². The van der Waals surface area contributed by atoms with E-state index in [4.69, 9.17) is 16.3 Å². The summed E-state index contributed by atoms with van der Waals surface area (Å²) >= 11 is 7.24. The number of hydrogen-bond acceptors (Lipinski definition) is 4. The number of amides is 2. The van der Waals surface area contributed by atoms with E-state index in [2.05, 4.69) is 10.6 Å². The van der Waals surface area contributed by atoms with Gasteiger partial charge in [0.05, 0.1) is 17.6 Å². The van der Waals surface area contributed by atoms with Crippen LogP contribution in [0.2, 0.25) is 5.02 Å². The van der Waals surface area contributed by atoms with Crippen LogP contribution in [0.4, 0.5) is 11.4 Å². The molecular weight excluding hydrogens is 384 g/mol. The van der Waals surface area contributed by atoms with Crippen LogP contribution in [0.15, 0.2) is 42.5 Å². The predicted molar refractivity (Wildman–Crippen MR) is 113 cm³/mol. The number of carbonyl (C=O) groups is 2. The first-order valence-corrected chi connectivity index (χ1v) is 10.0. The van der Waals surface area contributed by atoms with Crippen LogP contribution in [0.5, 0.6) is 5.75 Å². The van der Waals surface area contributed by atoms with E-state index in [0.717, 1.165) is 11.3 Å². The molecule has 144 valence electrons. The Kier molecular flexibility index (Phi) is 8.00. The van der Waals surface area contributed by atoms with E-state index in [9.17, 15) is 9.59 Å². The van der Waals surface area contributed by atoms with Gasteiger partial charge in [0.25, 0.3) is 0 Å². The van der Waals surface area contributed by atoms with Crippen molar-refractivity contribution in [1.82, 2.24) is 0 Å². The molecule has 1 atom stereocenters. The fourth-order valence-corrected chi connectivity index (χ4v) is 3.09. The maximum atomic E-state index is 12.3. The smallest absolute Gasteiger partial charge is 0.237 e. The van der Waals surface area contributed by atoms with Crippen molar-refractivity contribution >= 4 is 46.6 Å². The molecule has 0 spiro atoms. The first-order valence-electron chi connectivity index (χ1n) is 8.60. The third kappa shape index (κ3) is 6.81. The number of ether oxygens (including phenoxy) is 1. The molecule has 0 aliphatic heterocycles. The zero-order chi connectivity index (χ0) is 19.8. The highest BCUT2D eigenvalue weighted by atomic mass is 35.5. The van der Waals surface area contributed by atoms with Gasteiger partial charge in [-0.2, -0.15) is 0 Å². The highest BCUT2D eigenvalue weighted by Gasteiger charge is 2.16. The van der Waals surface area contributed by atoms with Gasteiger partial charge >= 0.3 is 0 Å². The summed E-state index contributed by atoms with van der Waals surface area (Å²) in [5.74, 6) is 0.601. The Hall–Kier alpha value is -2.18. The zero-order valence-electron chi connectivity index (χ0n) is 15.5. The van der Waals surface area contributed by atoms with E-state index in [-0.39, 0.29) is 22.8 Å². The molecule has 0 saturated heterocycles. The van der Waals surface area contributed by atoms with Gasteiger partial charge in [-0.25, -0.2) is 0 Å². The molecule has 2 rings (SSSR count). The number of hydrogen-bond donors (Lipinski definition) is 2. The molecular formula is C20H23ClN2O3S. The fourth-order valence-electron chi connectivity index (χ4n) is 2.24. The number of aryl methyl sites for hydroxylation is 1. The van der Waals surface area contributed by atoms with Gasteiger partial charge in [0.15, 0.2) is 0 Å². The molecule has 5 nitrogen and oxygen atoms in total. The average molecular weight is 407 g/mol. The summed E-state index contributed by atoms with van der Waals surface area (Å²) < 4.78 is 5.37. The number of benzene rings is 2. The number of anilines is 2. The summed E-state index contributed by atoms with van der Waals surface area (Å²) in [4.78, 5) is 24.4. The largest absolute Gasteiger partial charge is 0.494 e. The molecule has 2 N–H and O–H groups in total. The standard InChI is InChI=1S/C20H23ClN2O3S/c1-4-26-17-9-7-16(8-10-17)22-19(24)12-27-14(3)20(25)23-18-11-15(21)6-5-13(18)2/h5-11,14H,4,12H2,1-3H3,(H,22,24)(H,23,25). The van der Waals surface area contributed by atoms with Crippen LogP contribution in [0.25, 0.3) is 0 Å². The zero-order valence-corrected chi connectivity index (χ0v) is 17.1. The van der Waals surface area contributed by atoms with Crippen LogP contribution < -0.4 is 15.4 Å². The van der Waals surface area contributed by atoms with Gasteiger partial charge in [-0.1, -0.05) is 17.7 Å². The van der Waals surface area contributed by atoms with Gasteiger partial charge < -0.3 is 15.4 Å². The molecule has 0 aromatic heterocycles. The first kappa shape index (κ1) is 21.1. The lowest BCUT2D eigenvalue weighted by Gasteiger charge is -2.14. The molecule has 2 aromatic rings. The number of nitrogens with one attached hydrogen (secondary N) is 2. The lowest BCUT2D eigenvalue weighted by molar-refractivity contribution is -0.115. The number of carbonyl (C=O) groups excluding carboxylic acids is 2. The van der Waals surface area contributed by atoms with Gasteiger partial charge in [0.1, 0.15) is 5.75 Å². The number of rotatable bonds is 8. The monoisotopic (exact) mass is 406 g/mol. The molecule has 0 bridgehead atoms. The van der Waals surface area contributed by atoms with E-state index in [1.807, 2.05) is 19.9 Å². The SMILES string of the molecule is CCOc1ccc(NC(=O)CSC(C)C(=O)Nc2cc(Cl)ccc2C)cc1. The van der Waals surface area contributed by atoms with Crippen LogP contribution in [0.3, 0.4) is 0 Å². The molecule has 0 fully saturated rings. The number of thioether (sulfide) groups is 1. The van der Waals surface area contributed by atoms with Crippen LogP contribution >= 0.6 is 23.4 Å². The van der Waals surface area contributed by atoms with E-state index >= 15 is 0 Å². The Morgan fingerprint density at radius 2 is 1.85 bits per heavy atom. The molecule has 0 aliphatic carbocycles. The quantitative estimate of drug-likeness (QED) is 0.664. The van der Waals surface area contributed by atoms with Gasteiger partial charge in [-0.05, 0) is 62.7 Å². The molecule has 0 radical (unpaired) electrons. The third-order valence-corrected chi connectivity index (χ3v) is 5.12. The molecule has 2 amide bonds. The molecule has 7 heteroatoms. The van der Waals surface area contributed by atoms with Gasteiger partial charge in [-0.3, -0.25) is 9.59 Å². The van der Waals surface area contributed by atoms with Crippen LogP contribution in [0, 0.1) is 6.92 Å². The summed E-state index contributed by atoms with van der Waals surface area (Å²) in [7, 11) is 0. The summed E-state index contributed by atoms with van der Waals surface area (Å²) in [5, 5.41) is 5.84. The van der Waals surface area contributed by atoms with Crippen molar-refractivity contribution in [3.8, 4) is 5.75 Å². The lowest BCUT2D eigenvalue weighted by atomic mass is 10.2. The maximum absolute atomic E-state index is 12.3. The molecule has 0 saturated carbocycles. The van der Waals surface area contributed by atoms with Crippen molar-refractivity contribution < 1.29 is 14.3 Å². The van der Waals surface area contributed by atoms with Gasteiger partial charge in [0.2, 0.25) is 11.8 Å². The molecule has 2 aromatic carbocycles. The van der Waals surface area contributed by atoms with Crippen LogP contribution in [-0.2, 0) is 9.59 Å². The average Bonchev–Trinajstić information content (AvgIpc) is 2.64. The Morgan fingerprint density at radius 3 is 2.52 bits per heavy atom. The topological polar surface area (TPSA) is 67.4 Å². The minimum Gasteiger partial charge on any atom is -0.494 e. The minimum absolute atomic E-state index is 0.164. The summed E-state index contributed by atoms with van der Waals surface area (Å²) in [6.07, 6.45) is 0. The maximum Gasteiger partial charge on any atom is 0.237 e. The first-order chi connectivity index (χ1) is 12.9. The second-order valence-corrected chi connectivity index (χ2v) is 7.67. The van der Waals surface area contributed by atoms with Crippen LogP contribution in [-0.4, -0.2) is 29.4 Å². The van der Waals surface area contributed by atoms with Crippen molar-refractivity contribution in [2.45, 2.75) is 26.0 Å². The summed E-state index contributed by atoms with van der Waals surface area (Å²) in [5.41, 5.74) is 2.30. The van der Waals surface area contributed by atoms with Crippen molar-refractivity contribution in [3.63, 3.8) is 0 Å². The molecule has 0 heterocycles.